The predicted octanol–water partition coefficient (Wildman–Crippen LogP) is 0.823. The van der Waals surface area contributed by atoms with E-state index in [1.54, 1.807) is 35.1 Å². The van der Waals surface area contributed by atoms with Gasteiger partial charge in [-0.1, -0.05) is 6.07 Å². The number of carbonyl (C=O) groups excluding carboxylic acids is 1. The molecule has 1 aromatic carbocycles. The largest absolute Gasteiger partial charge is 0.504 e. The van der Waals surface area contributed by atoms with Gasteiger partial charge in [0.25, 0.3) is 0 Å². The summed E-state index contributed by atoms with van der Waals surface area (Å²) in [6.45, 7) is 0. The molecule has 0 aliphatic heterocycles. The molecule has 0 aromatic heterocycles. The number of carbonyl (C=O) groups is 1. The van der Waals surface area contributed by atoms with Gasteiger partial charge in [0.2, 0.25) is 0 Å². The molecule has 0 radical (unpaired) electrons. The summed E-state index contributed by atoms with van der Waals surface area (Å²) in [4.78, 5) is 10.8. The summed E-state index contributed by atoms with van der Waals surface area (Å²) in [6, 6.07) is 4.88. The maximum atomic E-state index is 10.8. The van der Waals surface area contributed by atoms with Crippen LogP contribution in [0, 0.1) is 0 Å². The first-order valence-electron chi connectivity index (χ1n) is 3.73. The molecule has 0 aliphatic rings. The highest BCUT2D eigenvalue weighted by molar-refractivity contribution is 14.1. The quantitative estimate of drug-likeness (QED) is 0.662. The van der Waals surface area contributed by atoms with Crippen molar-refractivity contribution in [2.24, 2.45) is 0 Å². The van der Waals surface area contributed by atoms with Gasteiger partial charge >= 0.3 is 0 Å². The van der Waals surface area contributed by atoms with Crippen molar-refractivity contribution in [3.05, 3.63) is 23.8 Å². The van der Waals surface area contributed by atoms with E-state index in [2.05, 4.69) is 0 Å². The van der Waals surface area contributed by atoms with E-state index in [0.717, 1.165) is 5.56 Å². The topological polar surface area (TPSA) is 46.5 Å². The van der Waals surface area contributed by atoms with Gasteiger partial charge in [0.05, 0.1) is 5.68 Å². The van der Waals surface area contributed by atoms with Gasteiger partial charge in [-0.2, -0.15) is 0 Å². The third-order valence-corrected chi connectivity index (χ3v) is 2.03. The van der Waals surface area contributed by atoms with Crippen molar-refractivity contribution in [3.63, 3.8) is 0 Å². The third-order valence-electron chi connectivity index (χ3n) is 1.56. The van der Waals surface area contributed by atoms with Crippen LogP contribution in [0.4, 0.5) is 0 Å². The summed E-state index contributed by atoms with van der Waals surface area (Å²) in [5.41, 5.74) is 0.932. The molecule has 1 N–H and O–H groups in total. The van der Waals surface area contributed by atoms with Gasteiger partial charge in [0, 0.05) is 6.42 Å². The first kappa shape index (κ1) is 10.4. The van der Waals surface area contributed by atoms with Gasteiger partial charge in [-0.15, -0.1) is 0 Å². The van der Waals surface area contributed by atoms with Crippen LogP contribution in [0.2, 0.25) is 0 Å². The predicted molar refractivity (Wildman–Crippen MR) is 60.0 cm³/mol. The van der Waals surface area contributed by atoms with E-state index in [1.165, 1.54) is 13.9 Å². The van der Waals surface area contributed by atoms with E-state index in [0.29, 0.717) is 12.2 Å². The summed E-state index contributed by atoms with van der Waals surface area (Å²) < 4.78 is 4.88. The molecule has 0 bridgehead atoms. The molecular weight excluding hydrogens is 282 g/mol. The second-order valence-electron chi connectivity index (χ2n) is 2.76. The Morgan fingerprint density at radius 3 is 2.85 bits per heavy atom. The lowest BCUT2D eigenvalue weighted by Crippen LogP contribution is -2.00. The van der Waals surface area contributed by atoms with Gasteiger partial charge < -0.3 is 13.0 Å². The summed E-state index contributed by atoms with van der Waals surface area (Å²) in [7, 11) is 1.53. The van der Waals surface area contributed by atoms with Crippen molar-refractivity contribution in [1.82, 2.24) is 0 Å². The van der Waals surface area contributed by atoms with E-state index in [4.69, 9.17) is 3.07 Å². The highest BCUT2D eigenvalue weighted by Gasteiger charge is 2.04. The summed E-state index contributed by atoms with van der Waals surface area (Å²) in [6.07, 6.45) is 0.368. The molecule has 1 rings (SSSR count). The molecule has 0 fully saturated rings. The highest BCUT2D eigenvalue weighted by Crippen LogP contribution is 2.28. The molecule has 0 aliphatic carbocycles. The molecule has 68 valence electrons. The first-order chi connectivity index (χ1) is 6.13. The summed E-state index contributed by atoms with van der Waals surface area (Å²) >= 11 is 1.68. The number of hydrogen-bond donors (Lipinski definition) is 1. The zero-order chi connectivity index (χ0) is 9.84. The van der Waals surface area contributed by atoms with Crippen molar-refractivity contribution >= 4 is 36.5 Å². The van der Waals surface area contributed by atoms with E-state index in [9.17, 15) is 9.90 Å². The molecule has 0 spiro atoms. The number of halogens is 1. The minimum atomic E-state index is 0.0849. The van der Waals surface area contributed by atoms with E-state index >= 15 is 0 Å². The van der Waals surface area contributed by atoms with E-state index in [1.807, 2.05) is 0 Å². The van der Waals surface area contributed by atoms with E-state index in [-0.39, 0.29) is 11.4 Å². The molecular formula is C8H8BIO3. The molecule has 0 heterocycles. The SMILES string of the molecule is BC(=O)Cc1ccc(O)c(OI)c1. The van der Waals surface area contributed by atoms with Gasteiger partial charge in [0.15, 0.2) is 42.4 Å². The zero-order valence-electron chi connectivity index (χ0n) is 7.08. The standard InChI is InChI=1S/C8H8BIO3/c9-8(12)4-5-1-2-6(11)7(3-5)13-10/h1-3,11H,4,9H2. The molecule has 0 amide bonds. The first-order valence-corrected chi connectivity index (χ1v) is 4.61. The lowest BCUT2D eigenvalue weighted by Gasteiger charge is -2.03. The van der Waals surface area contributed by atoms with Crippen LogP contribution in [0.25, 0.3) is 0 Å². The van der Waals surface area contributed by atoms with Crippen LogP contribution in [0.15, 0.2) is 18.2 Å². The van der Waals surface area contributed by atoms with Gasteiger partial charge in [0.1, 0.15) is 0 Å². The Hall–Kier alpha value is -0.715. The van der Waals surface area contributed by atoms with Crippen molar-refractivity contribution in [2.75, 3.05) is 0 Å². The van der Waals surface area contributed by atoms with Crippen LogP contribution in [0.3, 0.4) is 0 Å². The molecule has 0 saturated heterocycles. The smallest absolute Gasteiger partial charge is 0.192 e. The minimum absolute atomic E-state index is 0.0849. The monoisotopic (exact) mass is 290 g/mol. The maximum Gasteiger partial charge on any atom is 0.192 e. The Kier molecular flexibility index (Phi) is 3.59. The second-order valence-corrected chi connectivity index (χ2v) is 3.20. The van der Waals surface area contributed by atoms with Crippen LogP contribution < -0.4 is 3.07 Å². The normalized spacial score (nSPS) is 9.62. The minimum Gasteiger partial charge on any atom is -0.504 e. The molecule has 13 heavy (non-hydrogen) atoms. The Labute approximate surface area is 91.2 Å². The van der Waals surface area contributed by atoms with Crippen molar-refractivity contribution in [1.29, 1.82) is 0 Å². The van der Waals surface area contributed by atoms with Crippen LogP contribution >= 0.6 is 23.0 Å². The number of phenols is 1. The fourth-order valence-corrected chi connectivity index (χ4v) is 1.37. The average molecular weight is 290 g/mol. The number of benzene rings is 1. The Morgan fingerprint density at radius 2 is 2.31 bits per heavy atom. The Balaban J connectivity index is 2.92. The lowest BCUT2D eigenvalue weighted by atomic mass is 9.95. The molecule has 0 saturated carbocycles. The summed E-state index contributed by atoms with van der Waals surface area (Å²) in [5.74, 6) is 0.473. The van der Waals surface area contributed by atoms with Gasteiger partial charge in [-0.05, 0) is 17.7 Å². The molecule has 0 atom stereocenters. The zero-order valence-corrected chi connectivity index (χ0v) is 9.24. The van der Waals surface area contributed by atoms with Gasteiger partial charge in [-0.3, -0.25) is 0 Å². The number of hydrogen-bond acceptors (Lipinski definition) is 3. The third kappa shape index (κ3) is 2.91. The maximum absolute atomic E-state index is 10.8. The number of aromatic hydroxyl groups is 1. The fourth-order valence-electron chi connectivity index (χ4n) is 1.02. The van der Waals surface area contributed by atoms with E-state index < -0.39 is 0 Å². The number of phenolic OH excluding ortho intramolecular Hbond substituents is 1. The van der Waals surface area contributed by atoms with Gasteiger partial charge in [-0.25, -0.2) is 0 Å². The highest BCUT2D eigenvalue weighted by atomic mass is 127. The molecule has 5 heteroatoms. The van der Waals surface area contributed by atoms with Crippen molar-refractivity contribution < 1.29 is 13.0 Å². The average Bonchev–Trinajstić information content (AvgIpc) is 2.07. The van der Waals surface area contributed by atoms with Crippen LogP contribution in [-0.4, -0.2) is 18.6 Å². The van der Waals surface area contributed by atoms with Crippen molar-refractivity contribution in [2.45, 2.75) is 6.42 Å². The molecule has 3 nitrogen and oxygen atoms in total. The lowest BCUT2D eigenvalue weighted by molar-refractivity contribution is -0.111. The summed E-state index contributed by atoms with van der Waals surface area (Å²) in [5, 5.41) is 9.25. The molecule has 0 unspecified atom stereocenters. The second kappa shape index (κ2) is 4.50. The fraction of sp³-hybridized carbons (Fsp3) is 0.125. The Bertz CT molecular complexity index is 327. The molecule has 1 aromatic rings. The van der Waals surface area contributed by atoms with Crippen molar-refractivity contribution in [3.8, 4) is 11.5 Å². The van der Waals surface area contributed by atoms with Crippen LogP contribution in [-0.2, 0) is 11.2 Å². The van der Waals surface area contributed by atoms with Crippen LogP contribution in [0.1, 0.15) is 5.56 Å². The Morgan fingerprint density at radius 1 is 1.62 bits per heavy atom. The van der Waals surface area contributed by atoms with Crippen LogP contribution in [0.5, 0.6) is 11.5 Å². The number of rotatable bonds is 3.